The van der Waals surface area contributed by atoms with Gasteiger partial charge in [-0.15, -0.1) is 0 Å². The molecule has 110 valence electrons. The van der Waals surface area contributed by atoms with Gasteiger partial charge in [-0.2, -0.15) is 0 Å². The lowest BCUT2D eigenvalue weighted by atomic mass is 9.59. The van der Waals surface area contributed by atoms with Crippen molar-refractivity contribution in [2.45, 2.75) is 51.9 Å². The van der Waals surface area contributed by atoms with Crippen LogP contribution in [0.15, 0.2) is 30.3 Å². The van der Waals surface area contributed by atoms with Crippen LogP contribution in [0.25, 0.3) is 0 Å². The first-order valence-electron chi connectivity index (χ1n) is 8.57. The molecule has 1 aromatic carbocycles. The lowest BCUT2D eigenvalue weighted by Gasteiger charge is -2.49. The molecule has 1 saturated carbocycles. The van der Waals surface area contributed by atoms with E-state index in [0.29, 0.717) is 5.41 Å². The molecule has 1 aliphatic carbocycles. The normalized spacial score (nSPS) is 34.2. The third-order valence-corrected chi connectivity index (χ3v) is 6.06. The molecule has 1 heteroatoms. The summed E-state index contributed by atoms with van der Waals surface area (Å²) in [4.78, 5) is 0. The summed E-state index contributed by atoms with van der Waals surface area (Å²) < 4.78 is 0. The van der Waals surface area contributed by atoms with Gasteiger partial charge < -0.3 is 5.32 Å². The van der Waals surface area contributed by atoms with Gasteiger partial charge >= 0.3 is 0 Å². The van der Waals surface area contributed by atoms with Crippen molar-refractivity contribution in [3.05, 3.63) is 35.9 Å². The lowest BCUT2D eigenvalue weighted by molar-refractivity contribution is 0.0400. The van der Waals surface area contributed by atoms with Gasteiger partial charge in [-0.1, -0.05) is 43.7 Å². The predicted octanol–water partition coefficient (Wildman–Crippen LogP) is 4.43. The largest absolute Gasteiger partial charge is 0.316 e. The molecule has 1 saturated heterocycles. The Labute approximate surface area is 124 Å². The maximum Gasteiger partial charge on any atom is -0.00120 e. The van der Waals surface area contributed by atoms with Gasteiger partial charge in [0.25, 0.3) is 0 Å². The molecule has 0 radical (unpaired) electrons. The highest BCUT2D eigenvalue weighted by Crippen LogP contribution is 2.49. The second kappa shape index (κ2) is 6.30. The smallest absolute Gasteiger partial charge is 0.00120 e. The molecule has 1 spiro atoms. The van der Waals surface area contributed by atoms with Crippen LogP contribution in [-0.2, 0) is 6.42 Å². The van der Waals surface area contributed by atoms with Crippen molar-refractivity contribution in [1.29, 1.82) is 0 Å². The summed E-state index contributed by atoms with van der Waals surface area (Å²) in [7, 11) is 0. The Morgan fingerprint density at radius 1 is 1.10 bits per heavy atom. The van der Waals surface area contributed by atoms with Gasteiger partial charge in [0.05, 0.1) is 0 Å². The first-order chi connectivity index (χ1) is 9.82. The van der Waals surface area contributed by atoms with Crippen molar-refractivity contribution in [3.8, 4) is 0 Å². The van der Waals surface area contributed by atoms with Gasteiger partial charge in [-0.25, -0.2) is 0 Å². The Kier molecular flexibility index (Phi) is 4.45. The minimum Gasteiger partial charge on any atom is -0.316 e. The van der Waals surface area contributed by atoms with Crippen LogP contribution in [0.1, 0.15) is 51.0 Å². The maximum absolute atomic E-state index is 3.65. The van der Waals surface area contributed by atoms with Gasteiger partial charge in [-0.05, 0) is 74.4 Å². The minimum atomic E-state index is 0.646. The quantitative estimate of drug-likeness (QED) is 0.858. The number of nitrogens with one attached hydrogen (secondary N) is 1. The van der Waals surface area contributed by atoms with Crippen molar-refractivity contribution in [2.24, 2.45) is 17.3 Å². The molecule has 2 fully saturated rings. The summed E-state index contributed by atoms with van der Waals surface area (Å²) in [5, 5.41) is 3.65. The lowest BCUT2D eigenvalue weighted by Crippen LogP contribution is -2.47. The summed E-state index contributed by atoms with van der Waals surface area (Å²) in [6.45, 7) is 4.83. The molecule has 1 unspecified atom stereocenters. The second-order valence-corrected chi connectivity index (χ2v) is 7.05. The topological polar surface area (TPSA) is 12.0 Å². The van der Waals surface area contributed by atoms with Crippen LogP contribution in [-0.4, -0.2) is 13.1 Å². The Morgan fingerprint density at radius 2 is 1.85 bits per heavy atom. The van der Waals surface area contributed by atoms with E-state index in [1.165, 1.54) is 63.6 Å². The molecule has 0 aromatic heterocycles. The van der Waals surface area contributed by atoms with Crippen molar-refractivity contribution in [1.82, 2.24) is 5.32 Å². The van der Waals surface area contributed by atoms with E-state index in [9.17, 15) is 0 Å². The maximum atomic E-state index is 3.65. The van der Waals surface area contributed by atoms with Crippen LogP contribution < -0.4 is 5.32 Å². The zero-order valence-corrected chi connectivity index (χ0v) is 12.9. The van der Waals surface area contributed by atoms with Crippen LogP contribution in [0.2, 0.25) is 0 Å². The number of piperidine rings is 1. The number of rotatable bonds is 3. The fraction of sp³-hybridized carbons (Fsp3) is 0.684. The molecular weight excluding hydrogens is 242 g/mol. The van der Waals surface area contributed by atoms with Crippen molar-refractivity contribution in [2.75, 3.05) is 13.1 Å². The summed E-state index contributed by atoms with van der Waals surface area (Å²) in [6, 6.07) is 11.1. The molecule has 3 rings (SSSR count). The molecule has 20 heavy (non-hydrogen) atoms. The first kappa shape index (κ1) is 14.1. The van der Waals surface area contributed by atoms with Gasteiger partial charge in [0.15, 0.2) is 0 Å². The Bertz CT molecular complexity index is 403. The van der Waals surface area contributed by atoms with Crippen LogP contribution in [0.5, 0.6) is 0 Å². The summed E-state index contributed by atoms with van der Waals surface area (Å²) in [5.41, 5.74) is 2.17. The number of hydrogen-bond acceptors (Lipinski definition) is 1. The molecule has 1 aliphatic heterocycles. The number of hydrogen-bond donors (Lipinski definition) is 1. The van der Waals surface area contributed by atoms with E-state index in [0.717, 1.165) is 11.8 Å². The Hall–Kier alpha value is -0.820. The fourth-order valence-corrected chi connectivity index (χ4v) is 4.54. The van der Waals surface area contributed by atoms with E-state index >= 15 is 0 Å². The summed E-state index contributed by atoms with van der Waals surface area (Å²) >= 11 is 0. The van der Waals surface area contributed by atoms with Crippen LogP contribution in [0.3, 0.4) is 0 Å². The van der Waals surface area contributed by atoms with E-state index < -0.39 is 0 Å². The van der Waals surface area contributed by atoms with Gasteiger partial charge in [0.2, 0.25) is 0 Å². The van der Waals surface area contributed by atoms with Gasteiger partial charge in [0, 0.05) is 0 Å². The Balaban J connectivity index is 1.71. The van der Waals surface area contributed by atoms with E-state index in [1.807, 2.05) is 0 Å². The highest BCUT2D eigenvalue weighted by Gasteiger charge is 2.42. The molecule has 1 N–H and O–H groups in total. The van der Waals surface area contributed by atoms with Crippen LogP contribution in [0, 0.1) is 17.3 Å². The van der Waals surface area contributed by atoms with Crippen LogP contribution in [0.4, 0.5) is 0 Å². The van der Waals surface area contributed by atoms with Crippen molar-refractivity contribution < 1.29 is 0 Å². The third kappa shape index (κ3) is 2.93. The van der Waals surface area contributed by atoms with E-state index in [-0.39, 0.29) is 0 Å². The van der Waals surface area contributed by atoms with E-state index in [1.54, 1.807) is 0 Å². The molecule has 1 atom stereocenters. The molecule has 0 amide bonds. The predicted molar refractivity (Wildman–Crippen MR) is 85.8 cm³/mol. The summed E-state index contributed by atoms with van der Waals surface area (Å²) in [6.07, 6.45) is 9.96. The first-order valence-corrected chi connectivity index (χ1v) is 8.57. The van der Waals surface area contributed by atoms with Gasteiger partial charge in [-0.3, -0.25) is 0 Å². The van der Waals surface area contributed by atoms with Crippen molar-refractivity contribution >= 4 is 0 Å². The zero-order chi connectivity index (χ0) is 13.8. The molecule has 1 heterocycles. The Morgan fingerprint density at radius 3 is 2.55 bits per heavy atom. The summed E-state index contributed by atoms with van der Waals surface area (Å²) in [5.74, 6) is 1.85. The average Bonchev–Trinajstić information content (AvgIpc) is 2.52. The van der Waals surface area contributed by atoms with E-state index in [4.69, 9.17) is 0 Å². The van der Waals surface area contributed by atoms with Gasteiger partial charge in [0.1, 0.15) is 0 Å². The van der Waals surface area contributed by atoms with Crippen LogP contribution >= 0.6 is 0 Å². The monoisotopic (exact) mass is 271 g/mol. The molecule has 2 aliphatic rings. The average molecular weight is 271 g/mol. The fourth-order valence-electron chi connectivity index (χ4n) is 4.54. The zero-order valence-electron chi connectivity index (χ0n) is 12.9. The van der Waals surface area contributed by atoms with Crippen molar-refractivity contribution in [3.63, 3.8) is 0 Å². The highest BCUT2D eigenvalue weighted by molar-refractivity contribution is 5.16. The number of benzene rings is 1. The van der Waals surface area contributed by atoms with E-state index in [2.05, 4.69) is 42.6 Å². The molecule has 0 bridgehead atoms. The SMILES string of the molecule is CCC1CCC2(CCNCC2Cc2ccccc2)CC1. The molecule has 1 aromatic rings. The molecular formula is C19H29N. The highest BCUT2D eigenvalue weighted by atomic mass is 14.9. The standard InChI is InChI=1S/C19H29N/c1-2-16-8-10-19(11-9-16)12-13-20-15-18(19)14-17-6-4-3-5-7-17/h3-7,16,18,20H,2,8-15H2,1H3. The minimum absolute atomic E-state index is 0.646. The molecule has 1 nitrogen and oxygen atoms in total. The second-order valence-electron chi connectivity index (χ2n) is 7.05. The third-order valence-electron chi connectivity index (χ3n) is 6.06.